The first-order valence-corrected chi connectivity index (χ1v) is 8.63. The molecule has 0 aliphatic rings. The van der Waals surface area contributed by atoms with Crippen LogP contribution >= 0.6 is 33.2 Å². The van der Waals surface area contributed by atoms with Crippen LogP contribution in [0.15, 0.2) is 24.3 Å². The van der Waals surface area contributed by atoms with Gasteiger partial charge in [-0.1, -0.05) is 12.1 Å². The summed E-state index contributed by atoms with van der Waals surface area (Å²) < 4.78 is 0. The summed E-state index contributed by atoms with van der Waals surface area (Å²) in [7, 11) is 0. The average Bonchev–Trinajstić information content (AvgIpc) is 2.45. The maximum atomic E-state index is 5.81. The number of nitrogens with one attached hydrogen (secondary N) is 1. The summed E-state index contributed by atoms with van der Waals surface area (Å²) in [5.74, 6) is 0. The van der Waals surface area contributed by atoms with E-state index in [-0.39, 0.29) is 0 Å². The highest BCUT2D eigenvalue weighted by molar-refractivity contribution is 7.69. The molecule has 2 aromatic rings. The Labute approximate surface area is 89.9 Å². The van der Waals surface area contributed by atoms with Gasteiger partial charge in [0.25, 0.3) is 0 Å². The minimum atomic E-state index is -2.87. The number of nitrogens with zero attached hydrogens (tertiary/aromatic N) is 1. The second-order valence-corrected chi connectivity index (χ2v) is 10.9. The van der Waals surface area contributed by atoms with Crippen molar-refractivity contribution in [2.45, 2.75) is 0 Å². The van der Waals surface area contributed by atoms with Crippen LogP contribution in [0, 0.1) is 0 Å². The van der Waals surface area contributed by atoms with Gasteiger partial charge in [-0.25, -0.2) is 4.98 Å². The second-order valence-electron chi connectivity index (χ2n) is 2.60. The zero-order chi connectivity index (χ0) is 9.47. The zero-order valence-electron chi connectivity index (χ0n) is 6.39. The normalized spacial score (nSPS) is 12.2. The van der Waals surface area contributed by atoms with Crippen molar-refractivity contribution in [3.8, 4) is 0 Å². The number of hydrogen-bond donors (Lipinski definition) is 1. The predicted octanol–water partition coefficient (Wildman–Crippen LogP) is 2.43. The Kier molecular flexibility index (Phi) is 2.28. The van der Waals surface area contributed by atoms with Gasteiger partial charge in [0, 0.05) is 0 Å². The number of aromatic nitrogens is 2. The van der Waals surface area contributed by atoms with E-state index in [1.54, 1.807) is 0 Å². The molecule has 13 heavy (non-hydrogen) atoms. The Morgan fingerprint density at radius 2 is 1.85 bits per heavy atom. The van der Waals surface area contributed by atoms with Crippen molar-refractivity contribution in [2.75, 3.05) is 0 Å². The van der Waals surface area contributed by atoms with Gasteiger partial charge in [-0.15, -0.1) is 33.2 Å². The lowest BCUT2D eigenvalue weighted by Crippen LogP contribution is -2.33. The first-order chi connectivity index (χ1) is 6.07. The molecule has 6 heteroatoms. The van der Waals surface area contributed by atoms with E-state index in [2.05, 4.69) is 9.97 Å². The van der Waals surface area contributed by atoms with Crippen LogP contribution in [-0.2, 0) is 0 Å². The van der Waals surface area contributed by atoms with E-state index in [1.807, 2.05) is 24.3 Å². The van der Waals surface area contributed by atoms with Gasteiger partial charge in [-0.3, -0.25) is 0 Å². The van der Waals surface area contributed by atoms with E-state index >= 15 is 0 Å². The van der Waals surface area contributed by atoms with Crippen LogP contribution in [0.25, 0.3) is 11.0 Å². The Morgan fingerprint density at radius 3 is 2.46 bits per heavy atom. The number of halogens is 3. The van der Waals surface area contributed by atoms with Crippen molar-refractivity contribution in [3.05, 3.63) is 24.3 Å². The molecule has 0 atom stereocenters. The fourth-order valence-corrected chi connectivity index (χ4v) is 2.42. The minimum absolute atomic E-state index is 0.485. The molecule has 0 spiro atoms. The fraction of sp³-hybridized carbons (Fsp3) is 0. The van der Waals surface area contributed by atoms with Gasteiger partial charge in [-0.05, 0) is 12.1 Å². The van der Waals surface area contributed by atoms with Gasteiger partial charge < -0.3 is 4.98 Å². The Balaban J connectivity index is 2.63. The molecule has 2 rings (SSSR count). The molecule has 1 heterocycles. The molecule has 0 aliphatic carbocycles. The SMILES string of the molecule is Cl[Si](Cl)(Cl)c1nc2ccccc2[nH]1. The Hall–Kier alpha value is -0.223. The summed E-state index contributed by atoms with van der Waals surface area (Å²) in [6.07, 6.45) is 0. The molecule has 0 aliphatic heterocycles. The molecular formula is C7H5Cl3N2Si. The number of H-pyrrole nitrogens is 1. The first kappa shape index (κ1) is 9.34. The third kappa shape index (κ3) is 1.83. The lowest BCUT2D eigenvalue weighted by Gasteiger charge is -2.00. The quantitative estimate of drug-likeness (QED) is 0.612. The van der Waals surface area contributed by atoms with Crippen LogP contribution in [-0.4, -0.2) is 16.0 Å². The molecule has 0 radical (unpaired) electrons. The van der Waals surface area contributed by atoms with Crippen LogP contribution in [0.3, 0.4) is 0 Å². The maximum Gasteiger partial charge on any atom is 0.408 e. The van der Waals surface area contributed by atoms with Crippen molar-refractivity contribution >= 4 is 55.7 Å². The first-order valence-electron chi connectivity index (χ1n) is 3.59. The van der Waals surface area contributed by atoms with E-state index in [4.69, 9.17) is 33.2 Å². The van der Waals surface area contributed by atoms with E-state index in [0.717, 1.165) is 11.0 Å². The standard InChI is InChI=1S/C7H5Cl3N2Si/c8-13(9,10)7-11-5-3-1-2-4-6(5)12-7/h1-4H,(H,11,12). The topological polar surface area (TPSA) is 28.7 Å². The van der Waals surface area contributed by atoms with Gasteiger partial charge >= 0.3 is 6.00 Å². The number of rotatable bonds is 1. The highest BCUT2D eigenvalue weighted by Gasteiger charge is 2.32. The predicted molar refractivity (Wildman–Crippen MR) is 59.0 cm³/mol. The highest BCUT2D eigenvalue weighted by atomic mass is 35.8. The van der Waals surface area contributed by atoms with Crippen molar-refractivity contribution in [1.29, 1.82) is 0 Å². The summed E-state index contributed by atoms with van der Waals surface area (Å²) >= 11 is 17.4. The summed E-state index contributed by atoms with van der Waals surface area (Å²) in [6, 6.07) is 4.71. The third-order valence-corrected chi connectivity index (χ3v) is 4.04. The maximum absolute atomic E-state index is 5.81. The molecule has 1 aromatic carbocycles. The van der Waals surface area contributed by atoms with E-state index in [1.165, 1.54) is 0 Å². The molecule has 0 amide bonds. The van der Waals surface area contributed by atoms with Gasteiger partial charge in [0.05, 0.1) is 11.0 Å². The van der Waals surface area contributed by atoms with Crippen LogP contribution in [0.1, 0.15) is 0 Å². The average molecular weight is 252 g/mol. The van der Waals surface area contributed by atoms with Crippen LogP contribution in [0.5, 0.6) is 0 Å². The molecule has 68 valence electrons. The molecule has 2 nitrogen and oxygen atoms in total. The van der Waals surface area contributed by atoms with E-state index in [9.17, 15) is 0 Å². The number of hydrogen-bond acceptors (Lipinski definition) is 1. The molecule has 0 saturated carbocycles. The molecule has 1 N–H and O–H groups in total. The van der Waals surface area contributed by atoms with E-state index < -0.39 is 6.00 Å². The molecular weight excluding hydrogens is 247 g/mol. The second kappa shape index (κ2) is 3.17. The fourth-order valence-electron chi connectivity index (χ4n) is 1.09. The molecule has 0 fully saturated rings. The summed E-state index contributed by atoms with van der Waals surface area (Å²) in [5, 5.41) is 0. The number of para-hydroxylation sites is 2. The largest absolute Gasteiger partial charge is 0.408 e. The van der Waals surface area contributed by atoms with Gasteiger partial charge in [0.1, 0.15) is 5.45 Å². The van der Waals surface area contributed by atoms with Crippen LogP contribution in [0.2, 0.25) is 0 Å². The van der Waals surface area contributed by atoms with Gasteiger partial charge in [0.15, 0.2) is 0 Å². The molecule has 0 saturated heterocycles. The monoisotopic (exact) mass is 250 g/mol. The molecule has 0 unspecified atom stereocenters. The Morgan fingerprint density at radius 1 is 1.15 bits per heavy atom. The Bertz CT molecular complexity index is 401. The van der Waals surface area contributed by atoms with Crippen molar-refractivity contribution in [1.82, 2.24) is 9.97 Å². The minimum Gasteiger partial charge on any atom is -0.342 e. The zero-order valence-corrected chi connectivity index (χ0v) is 9.66. The molecule has 0 bridgehead atoms. The van der Waals surface area contributed by atoms with Crippen molar-refractivity contribution in [3.63, 3.8) is 0 Å². The highest BCUT2D eigenvalue weighted by Crippen LogP contribution is 2.19. The lowest BCUT2D eigenvalue weighted by molar-refractivity contribution is 1.43. The summed E-state index contributed by atoms with van der Waals surface area (Å²) in [4.78, 5) is 7.18. The smallest absolute Gasteiger partial charge is 0.342 e. The number of fused-ring (bicyclic) bond motifs is 1. The van der Waals surface area contributed by atoms with Crippen molar-refractivity contribution in [2.24, 2.45) is 0 Å². The number of imidazole rings is 1. The van der Waals surface area contributed by atoms with Crippen molar-refractivity contribution < 1.29 is 0 Å². The third-order valence-electron chi connectivity index (χ3n) is 1.66. The number of benzene rings is 1. The van der Waals surface area contributed by atoms with Gasteiger partial charge in [-0.2, -0.15) is 0 Å². The van der Waals surface area contributed by atoms with E-state index in [0.29, 0.717) is 5.45 Å². The summed E-state index contributed by atoms with van der Waals surface area (Å²) in [6.45, 7) is 0. The lowest BCUT2D eigenvalue weighted by atomic mass is 10.3. The molecule has 1 aromatic heterocycles. The van der Waals surface area contributed by atoms with Gasteiger partial charge in [0.2, 0.25) is 0 Å². The summed E-state index contributed by atoms with van der Waals surface area (Å²) in [5.41, 5.74) is 2.21. The number of aromatic amines is 1. The van der Waals surface area contributed by atoms with Crippen LogP contribution < -0.4 is 5.45 Å². The van der Waals surface area contributed by atoms with Crippen LogP contribution in [0.4, 0.5) is 0 Å².